The molecule has 2 aromatic rings. The Bertz CT molecular complexity index is 575. The van der Waals surface area contributed by atoms with Crippen LogP contribution in [0.3, 0.4) is 0 Å². The summed E-state index contributed by atoms with van der Waals surface area (Å²) in [6, 6.07) is 4.75. The van der Waals surface area contributed by atoms with Gasteiger partial charge in [-0.05, 0) is 44.3 Å². The van der Waals surface area contributed by atoms with Gasteiger partial charge in [0.05, 0.1) is 23.7 Å². The van der Waals surface area contributed by atoms with Crippen molar-refractivity contribution in [3.63, 3.8) is 0 Å². The zero-order chi connectivity index (χ0) is 12.4. The number of halogens is 1. The van der Waals surface area contributed by atoms with E-state index in [9.17, 15) is 4.39 Å². The molecule has 0 fully saturated rings. The van der Waals surface area contributed by atoms with Crippen LogP contribution in [0.1, 0.15) is 19.9 Å². The molecule has 1 N–H and O–H groups in total. The second kappa shape index (κ2) is 4.98. The highest BCUT2D eigenvalue weighted by Crippen LogP contribution is 2.20. The Morgan fingerprint density at radius 2 is 2.29 bits per heavy atom. The molecule has 1 atom stereocenters. The van der Waals surface area contributed by atoms with Crippen LogP contribution in [0.4, 0.5) is 4.39 Å². The molecular weight excluding hydrogens is 239 g/mol. The first-order valence-electron chi connectivity index (χ1n) is 5.61. The molecule has 1 aromatic heterocycles. The second-order valence-corrected chi connectivity index (χ2v) is 4.36. The number of hydrogen-bond acceptors (Lipinski definition) is 2. The van der Waals surface area contributed by atoms with E-state index in [0.717, 1.165) is 11.0 Å². The number of nitrogens with one attached hydrogen (secondary N) is 1. The van der Waals surface area contributed by atoms with Crippen LogP contribution in [0, 0.1) is 10.6 Å². The largest absolute Gasteiger partial charge is 0.380 e. The number of H-pyrrole nitrogens is 1. The fraction of sp³-hybridized carbons (Fsp3) is 0.417. The molecule has 0 aliphatic heterocycles. The number of imidazole rings is 1. The van der Waals surface area contributed by atoms with Crippen LogP contribution in [0.25, 0.3) is 11.0 Å². The molecule has 2 rings (SSSR count). The molecule has 0 saturated carbocycles. The number of aromatic amines is 1. The van der Waals surface area contributed by atoms with Gasteiger partial charge in [0.15, 0.2) is 4.77 Å². The van der Waals surface area contributed by atoms with E-state index in [-0.39, 0.29) is 11.9 Å². The third kappa shape index (κ3) is 2.40. The Balaban J connectivity index is 2.46. The van der Waals surface area contributed by atoms with Crippen LogP contribution < -0.4 is 0 Å². The van der Waals surface area contributed by atoms with Gasteiger partial charge in [-0.3, -0.25) is 0 Å². The quantitative estimate of drug-likeness (QED) is 0.847. The minimum absolute atomic E-state index is 0.127. The summed E-state index contributed by atoms with van der Waals surface area (Å²) in [6.07, 6.45) is 0. The van der Waals surface area contributed by atoms with Crippen molar-refractivity contribution in [3.8, 4) is 0 Å². The average Bonchev–Trinajstić information content (AvgIpc) is 2.61. The Morgan fingerprint density at radius 1 is 1.53 bits per heavy atom. The van der Waals surface area contributed by atoms with Gasteiger partial charge in [-0.25, -0.2) is 4.39 Å². The lowest BCUT2D eigenvalue weighted by molar-refractivity contribution is 0.119. The number of benzene rings is 1. The smallest absolute Gasteiger partial charge is 0.178 e. The van der Waals surface area contributed by atoms with Crippen molar-refractivity contribution in [2.45, 2.75) is 19.9 Å². The summed E-state index contributed by atoms with van der Waals surface area (Å²) < 4.78 is 21.0. The normalized spacial score (nSPS) is 13.1. The zero-order valence-electron chi connectivity index (χ0n) is 9.87. The molecule has 1 unspecified atom stereocenters. The van der Waals surface area contributed by atoms with Crippen molar-refractivity contribution in [2.24, 2.45) is 0 Å². The Labute approximate surface area is 104 Å². The van der Waals surface area contributed by atoms with Gasteiger partial charge in [-0.1, -0.05) is 0 Å². The van der Waals surface area contributed by atoms with Gasteiger partial charge in [0.2, 0.25) is 0 Å². The second-order valence-electron chi connectivity index (χ2n) is 3.97. The van der Waals surface area contributed by atoms with Gasteiger partial charge in [-0.15, -0.1) is 0 Å². The lowest BCUT2D eigenvalue weighted by Gasteiger charge is -2.14. The summed E-state index contributed by atoms with van der Waals surface area (Å²) in [5.74, 6) is -0.265. The maximum atomic E-state index is 13.1. The maximum absolute atomic E-state index is 13.1. The van der Waals surface area contributed by atoms with Crippen LogP contribution in [0.5, 0.6) is 0 Å². The van der Waals surface area contributed by atoms with Crippen molar-refractivity contribution in [3.05, 3.63) is 28.8 Å². The molecule has 0 saturated heterocycles. The number of aromatic nitrogens is 2. The van der Waals surface area contributed by atoms with E-state index in [4.69, 9.17) is 17.0 Å². The predicted molar refractivity (Wildman–Crippen MR) is 68.3 cm³/mol. The monoisotopic (exact) mass is 254 g/mol. The number of ether oxygens (including phenoxy) is 1. The first-order valence-corrected chi connectivity index (χ1v) is 6.01. The number of nitrogens with zero attached hydrogens (tertiary/aromatic N) is 1. The average molecular weight is 254 g/mol. The summed E-state index contributed by atoms with van der Waals surface area (Å²) in [5.41, 5.74) is 1.63. The summed E-state index contributed by atoms with van der Waals surface area (Å²) in [4.78, 5) is 3.01. The lowest BCUT2D eigenvalue weighted by Crippen LogP contribution is -2.12. The van der Waals surface area contributed by atoms with Crippen LogP contribution in [0.15, 0.2) is 18.2 Å². The third-order valence-electron chi connectivity index (χ3n) is 2.68. The summed E-state index contributed by atoms with van der Waals surface area (Å²) in [5, 5.41) is 0. The van der Waals surface area contributed by atoms with Gasteiger partial charge in [-0.2, -0.15) is 0 Å². The predicted octanol–water partition coefficient (Wildman–Crippen LogP) is 3.44. The standard InChI is InChI=1S/C12H15FN2OS/c1-3-16-7-8(2)15-11-5-4-9(13)6-10(11)14-12(15)17/h4-6,8H,3,7H2,1-2H3,(H,14,17). The topological polar surface area (TPSA) is 29.9 Å². The highest BCUT2D eigenvalue weighted by Gasteiger charge is 2.11. The van der Waals surface area contributed by atoms with Crippen LogP contribution in [-0.2, 0) is 4.74 Å². The molecule has 0 aliphatic carbocycles. The number of fused-ring (bicyclic) bond motifs is 1. The van der Waals surface area contributed by atoms with Gasteiger partial charge in [0.1, 0.15) is 5.82 Å². The fourth-order valence-corrected chi connectivity index (χ4v) is 2.29. The van der Waals surface area contributed by atoms with E-state index in [1.165, 1.54) is 12.1 Å². The fourth-order valence-electron chi connectivity index (χ4n) is 1.90. The maximum Gasteiger partial charge on any atom is 0.178 e. The molecule has 1 aromatic carbocycles. The Kier molecular flexibility index (Phi) is 3.59. The Hall–Kier alpha value is -1.20. The van der Waals surface area contributed by atoms with E-state index < -0.39 is 0 Å². The van der Waals surface area contributed by atoms with Gasteiger partial charge >= 0.3 is 0 Å². The molecule has 17 heavy (non-hydrogen) atoms. The number of hydrogen-bond donors (Lipinski definition) is 1. The van der Waals surface area contributed by atoms with Gasteiger partial charge < -0.3 is 14.3 Å². The van der Waals surface area contributed by atoms with Crippen molar-refractivity contribution in [1.29, 1.82) is 0 Å². The SMILES string of the molecule is CCOCC(C)n1c(=S)[nH]c2cc(F)ccc21. The van der Waals surface area contributed by atoms with Gasteiger partial charge in [0, 0.05) is 6.61 Å². The Morgan fingerprint density at radius 3 is 3.00 bits per heavy atom. The molecule has 92 valence electrons. The molecule has 1 heterocycles. The summed E-state index contributed by atoms with van der Waals surface area (Å²) in [7, 11) is 0. The minimum Gasteiger partial charge on any atom is -0.380 e. The van der Waals surface area contributed by atoms with E-state index in [2.05, 4.69) is 4.98 Å². The van der Waals surface area contributed by atoms with Crippen molar-refractivity contribution in [2.75, 3.05) is 13.2 Å². The van der Waals surface area contributed by atoms with E-state index in [0.29, 0.717) is 18.0 Å². The van der Waals surface area contributed by atoms with Crippen LogP contribution in [0.2, 0.25) is 0 Å². The highest BCUT2D eigenvalue weighted by molar-refractivity contribution is 7.71. The van der Waals surface area contributed by atoms with Crippen LogP contribution >= 0.6 is 12.2 Å². The van der Waals surface area contributed by atoms with Crippen molar-refractivity contribution >= 4 is 23.3 Å². The van der Waals surface area contributed by atoms with Crippen molar-refractivity contribution in [1.82, 2.24) is 9.55 Å². The lowest BCUT2D eigenvalue weighted by atomic mass is 10.3. The van der Waals surface area contributed by atoms with E-state index >= 15 is 0 Å². The molecular formula is C12H15FN2OS. The zero-order valence-corrected chi connectivity index (χ0v) is 10.7. The minimum atomic E-state index is -0.265. The van der Waals surface area contributed by atoms with E-state index in [1.807, 2.05) is 18.4 Å². The number of rotatable bonds is 4. The van der Waals surface area contributed by atoms with Gasteiger partial charge in [0.25, 0.3) is 0 Å². The van der Waals surface area contributed by atoms with Crippen LogP contribution in [-0.4, -0.2) is 22.8 Å². The molecule has 0 aliphatic rings. The molecule has 3 nitrogen and oxygen atoms in total. The third-order valence-corrected chi connectivity index (χ3v) is 2.98. The summed E-state index contributed by atoms with van der Waals surface area (Å²) >= 11 is 5.25. The highest BCUT2D eigenvalue weighted by atomic mass is 32.1. The molecule has 0 bridgehead atoms. The first kappa shape index (κ1) is 12.3. The molecule has 0 amide bonds. The summed E-state index contributed by atoms with van der Waals surface area (Å²) in [6.45, 7) is 5.25. The molecule has 0 radical (unpaired) electrons. The molecule has 0 spiro atoms. The molecule has 5 heteroatoms. The first-order chi connectivity index (χ1) is 8.13. The van der Waals surface area contributed by atoms with E-state index in [1.54, 1.807) is 6.07 Å². The van der Waals surface area contributed by atoms with Crippen molar-refractivity contribution < 1.29 is 9.13 Å².